The lowest BCUT2D eigenvalue weighted by Crippen LogP contribution is -2.35. The molecule has 1 aliphatic carbocycles. The molecule has 0 radical (unpaired) electrons. The van der Waals surface area contributed by atoms with Crippen molar-refractivity contribution < 1.29 is 19.2 Å². The van der Waals surface area contributed by atoms with E-state index in [-0.39, 0.29) is 43.5 Å². The standard InChI is InChI=1S/C26H24N2O4/c29-23(13-15-27-24(30)14-16-28-25(31)11-12-26(28)32)22-17-20-7-2-1-5-18(20)9-10-19-6-3-4-8-21(19)22/h1-12,22H,13-17H2,(H,27,30). The summed E-state index contributed by atoms with van der Waals surface area (Å²) < 4.78 is 0. The summed E-state index contributed by atoms with van der Waals surface area (Å²) in [5.41, 5.74) is 4.24. The van der Waals surface area contributed by atoms with Crippen molar-refractivity contribution in [2.45, 2.75) is 25.2 Å². The first-order valence-electron chi connectivity index (χ1n) is 10.7. The summed E-state index contributed by atoms with van der Waals surface area (Å²) in [6, 6.07) is 16.0. The number of amides is 3. The van der Waals surface area contributed by atoms with Crippen LogP contribution in [0.25, 0.3) is 12.2 Å². The quantitative estimate of drug-likeness (QED) is 0.688. The van der Waals surface area contributed by atoms with Crippen molar-refractivity contribution in [2.75, 3.05) is 13.1 Å². The van der Waals surface area contributed by atoms with Gasteiger partial charge >= 0.3 is 0 Å². The van der Waals surface area contributed by atoms with Crippen LogP contribution in [0.3, 0.4) is 0 Å². The average molecular weight is 428 g/mol. The molecular formula is C26H24N2O4. The van der Waals surface area contributed by atoms with E-state index in [0.717, 1.165) is 27.2 Å². The molecule has 0 fully saturated rings. The molecule has 4 rings (SSSR count). The number of ketones is 1. The molecular weight excluding hydrogens is 404 g/mol. The Balaban J connectivity index is 1.37. The molecule has 2 aromatic carbocycles. The number of carbonyl (C=O) groups is 4. The van der Waals surface area contributed by atoms with Gasteiger partial charge in [-0.25, -0.2) is 0 Å². The van der Waals surface area contributed by atoms with Crippen LogP contribution in [0.5, 0.6) is 0 Å². The van der Waals surface area contributed by atoms with Crippen LogP contribution < -0.4 is 5.32 Å². The number of nitrogens with one attached hydrogen (secondary N) is 1. The average Bonchev–Trinajstić information content (AvgIpc) is 3.11. The molecule has 2 aliphatic rings. The monoisotopic (exact) mass is 428 g/mol. The van der Waals surface area contributed by atoms with Crippen LogP contribution >= 0.6 is 0 Å². The molecule has 0 aromatic heterocycles. The lowest BCUT2D eigenvalue weighted by molar-refractivity contribution is -0.137. The number of nitrogens with zero attached hydrogens (tertiary/aromatic N) is 1. The second-order valence-electron chi connectivity index (χ2n) is 7.90. The van der Waals surface area contributed by atoms with E-state index in [4.69, 9.17) is 0 Å². The van der Waals surface area contributed by atoms with Crippen LogP contribution in [0.1, 0.15) is 41.0 Å². The van der Waals surface area contributed by atoms with E-state index in [0.29, 0.717) is 6.42 Å². The summed E-state index contributed by atoms with van der Waals surface area (Å²) >= 11 is 0. The Morgan fingerprint density at radius 2 is 1.50 bits per heavy atom. The second-order valence-corrected chi connectivity index (χ2v) is 7.90. The van der Waals surface area contributed by atoms with Gasteiger partial charge < -0.3 is 5.32 Å². The molecule has 0 bridgehead atoms. The smallest absolute Gasteiger partial charge is 0.253 e. The summed E-state index contributed by atoms with van der Waals surface area (Å²) in [5.74, 6) is -1.33. The third kappa shape index (κ3) is 4.75. The zero-order chi connectivity index (χ0) is 22.5. The van der Waals surface area contributed by atoms with Gasteiger partial charge in [0.1, 0.15) is 5.78 Å². The lowest BCUT2D eigenvalue weighted by atomic mass is 9.82. The van der Waals surface area contributed by atoms with Crippen LogP contribution in [0.2, 0.25) is 0 Å². The van der Waals surface area contributed by atoms with Gasteiger partial charge in [0.25, 0.3) is 11.8 Å². The molecule has 6 nitrogen and oxygen atoms in total. The number of rotatable bonds is 7. The van der Waals surface area contributed by atoms with Gasteiger partial charge in [-0.3, -0.25) is 24.1 Å². The lowest BCUT2D eigenvalue weighted by Gasteiger charge is -2.22. The van der Waals surface area contributed by atoms with Crippen LogP contribution in [0, 0.1) is 0 Å². The maximum atomic E-state index is 13.2. The highest BCUT2D eigenvalue weighted by Crippen LogP contribution is 2.31. The predicted molar refractivity (Wildman–Crippen MR) is 121 cm³/mol. The molecule has 1 heterocycles. The highest BCUT2D eigenvalue weighted by molar-refractivity contribution is 6.13. The van der Waals surface area contributed by atoms with E-state index in [2.05, 4.69) is 11.4 Å². The predicted octanol–water partition coefficient (Wildman–Crippen LogP) is 2.89. The Bertz CT molecular complexity index is 1110. The minimum Gasteiger partial charge on any atom is -0.356 e. The van der Waals surface area contributed by atoms with Crippen LogP contribution in [-0.2, 0) is 25.6 Å². The number of fused-ring (bicyclic) bond motifs is 2. The highest BCUT2D eigenvalue weighted by Gasteiger charge is 2.25. The number of hydrogen-bond acceptors (Lipinski definition) is 4. The molecule has 2 aromatic rings. The Labute approximate surface area is 186 Å². The van der Waals surface area contributed by atoms with E-state index in [1.165, 1.54) is 12.2 Å². The molecule has 1 unspecified atom stereocenters. The summed E-state index contributed by atoms with van der Waals surface area (Å²) in [7, 11) is 0. The van der Waals surface area contributed by atoms with Gasteiger partial charge in [-0.05, 0) is 28.7 Å². The van der Waals surface area contributed by atoms with E-state index in [1.54, 1.807) is 0 Å². The summed E-state index contributed by atoms with van der Waals surface area (Å²) in [6.45, 7) is 0.248. The molecule has 1 atom stereocenters. The van der Waals surface area contributed by atoms with Gasteiger partial charge in [0.05, 0.1) is 0 Å². The normalized spacial score (nSPS) is 16.9. The molecule has 162 valence electrons. The van der Waals surface area contributed by atoms with Crippen molar-refractivity contribution in [2.24, 2.45) is 0 Å². The first-order valence-corrected chi connectivity index (χ1v) is 10.7. The summed E-state index contributed by atoms with van der Waals surface area (Å²) in [5, 5.41) is 2.73. The Kier molecular flexibility index (Phi) is 6.40. The minimum absolute atomic E-state index is 0.0117. The van der Waals surface area contributed by atoms with Crippen molar-refractivity contribution in [3.8, 4) is 0 Å². The molecule has 0 saturated carbocycles. The van der Waals surface area contributed by atoms with E-state index in [9.17, 15) is 19.2 Å². The van der Waals surface area contributed by atoms with Crippen molar-refractivity contribution in [1.82, 2.24) is 10.2 Å². The number of hydrogen-bond donors (Lipinski definition) is 1. The Hall–Kier alpha value is -3.80. The van der Waals surface area contributed by atoms with Crippen LogP contribution in [-0.4, -0.2) is 41.5 Å². The van der Waals surface area contributed by atoms with Crippen molar-refractivity contribution >= 4 is 35.7 Å². The molecule has 0 saturated heterocycles. The van der Waals surface area contributed by atoms with Crippen LogP contribution in [0.15, 0.2) is 60.7 Å². The van der Waals surface area contributed by atoms with E-state index >= 15 is 0 Å². The van der Waals surface area contributed by atoms with Gasteiger partial charge in [-0.2, -0.15) is 0 Å². The Morgan fingerprint density at radius 1 is 0.844 bits per heavy atom. The van der Waals surface area contributed by atoms with Crippen molar-refractivity contribution in [3.05, 3.63) is 82.9 Å². The number of carbonyl (C=O) groups excluding carboxylic acids is 4. The molecule has 1 N–H and O–H groups in total. The largest absolute Gasteiger partial charge is 0.356 e. The third-order valence-corrected chi connectivity index (χ3v) is 5.84. The first-order chi connectivity index (χ1) is 15.5. The summed E-state index contributed by atoms with van der Waals surface area (Å²) in [4.78, 5) is 49.5. The minimum atomic E-state index is -0.407. The fraction of sp³-hybridized carbons (Fsp3) is 0.231. The van der Waals surface area contributed by atoms with Crippen LogP contribution in [0.4, 0.5) is 0 Å². The van der Waals surface area contributed by atoms with E-state index in [1.807, 2.05) is 54.6 Å². The third-order valence-electron chi connectivity index (χ3n) is 5.84. The summed E-state index contributed by atoms with van der Waals surface area (Å²) in [6.07, 6.45) is 7.35. The van der Waals surface area contributed by atoms with Gasteiger partial charge in [0.15, 0.2) is 0 Å². The van der Waals surface area contributed by atoms with Gasteiger partial charge in [0, 0.05) is 44.0 Å². The number of Topliss-reactive ketones (excluding diaryl/α,β-unsaturated/α-hetero) is 1. The molecule has 1 aliphatic heterocycles. The van der Waals surface area contributed by atoms with E-state index < -0.39 is 11.8 Å². The SMILES string of the molecule is O=C(CCN1C(=O)C=CC1=O)NCCC(=O)C1Cc2ccccc2C=Cc2ccccc21. The highest BCUT2D eigenvalue weighted by atomic mass is 16.2. The first kappa shape index (κ1) is 21.4. The fourth-order valence-corrected chi connectivity index (χ4v) is 4.11. The maximum absolute atomic E-state index is 13.2. The van der Waals surface area contributed by atoms with Gasteiger partial charge in [-0.1, -0.05) is 60.7 Å². The number of benzene rings is 2. The van der Waals surface area contributed by atoms with Gasteiger partial charge in [0.2, 0.25) is 5.91 Å². The molecule has 3 amide bonds. The molecule has 32 heavy (non-hydrogen) atoms. The zero-order valence-corrected chi connectivity index (χ0v) is 17.6. The fourth-order valence-electron chi connectivity index (χ4n) is 4.11. The maximum Gasteiger partial charge on any atom is 0.253 e. The molecule has 6 heteroatoms. The Morgan fingerprint density at radius 3 is 2.28 bits per heavy atom. The second kappa shape index (κ2) is 9.56. The zero-order valence-electron chi connectivity index (χ0n) is 17.6. The number of imide groups is 1. The van der Waals surface area contributed by atoms with Crippen molar-refractivity contribution in [1.29, 1.82) is 0 Å². The van der Waals surface area contributed by atoms with Gasteiger partial charge in [-0.15, -0.1) is 0 Å². The molecule has 0 spiro atoms. The van der Waals surface area contributed by atoms with Crippen molar-refractivity contribution in [3.63, 3.8) is 0 Å². The topological polar surface area (TPSA) is 83.6 Å².